The maximum absolute atomic E-state index is 12.2. The summed E-state index contributed by atoms with van der Waals surface area (Å²) in [5, 5.41) is 22.8. The molecule has 3 rings (SSSR count). The highest BCUT2D eigenvalue weighted by atomic mass is 32.4. The summed E-state index contributed by atoms with van der Waals surface area (Å²) in [6.45, 7) is 0. The van der Waals surface area contributed by atoms with E-state index in [0.717, 1.165) is 16.7 Å². The Morgan fingerprint density at radius 2 is 1.54 bits per heavy atom. The number of rotatable bonds is 14. The minimum absolute atomic E-state index is 0.181. The molecule has 4 atom stereocenters. The molecule has 0 amide bonds. The third-order valence-corrected chi connectivity index (χ3v) is 11.3. The fourth-order valence-electron chi connectivity index (χ4n) is 2.80. The number of hydrogen-bond donors (Lipinski definition) is 3. The van der Waals surface area contributed by atoms with Crippen molar-refractivity contribution in [1.82, 2.24) is 9.87 Å². The quantitative estimate of drug-likeness (QED) is 0.0358. The van der Waals surface area contributed by atoms with Crippen molar-refractivity contribution in [3.8, 4) is 17.2 Å². The lowest BCUT2D eigenvalue weighted by atomic mass is 10.2. The Kier molecular flexibility index (Phi) is 21.3. The van der Waals surface area contributed by atoms with Crippen molar-refractivity contribution in [3.63, 3.8) is 0 Å². The molecule has 246 valence electrons. The minimum atomic E-state index is -3.11. The average Bonchev–Trinajstić information content (AvgIpc) is 3.06. The van der Waals surface area contributed by atoms with Gasteiger partial charge in [-0.15, -0.1) is 28.0 Å². The number of hydrogen-bond acceptors (Lipinski definition) is 11. The van der Waals surface area contributed by atoms with Gasteiger partial charge in [0.25, 0.3) is 0 Å². The van der Waals surface area contributed by atoms with Crippen molar-refractivity contribution >= 4 is 83.1 Å². The minimum Gasteiger partial charge on any atom is -0.508 e. The summed E-state index contributed by atoms with van der Waals surface area (Å²) in [6.07, 6.45) is 3.11. The highest BCUT2D eigenvalue weighted by molar-refractivity contribution is 8.42. The van der Waals surface area contributed by atoms with Gasteiger partial charge in [0.15, 0.2) is 11.5 Å². The Bertz CT molecular complexity index is 1520. The summed E-state index contributed by atoms with van der Waals surface area (Å²) >= 11 is 10.5. The van der Waals surface area contributed by atoms with Crippen LogP contribution in [0.2, 0.25) is 0 Å². The van der Waals surface area contributed by atoms with Crippen molar-refractivity contribution in [2.75, 3.05) is 28.3 Å². The van der Waals surface area contributed by atoms with E-state index in [4.69, 9.17) is 57.8 Å². The molecule has 0 radical (unpaired) electrons. The zero-order chi connectivity index (χ0) is 34.5. The van der Waals surface area contributed by atoms with Crippen LogP contribution in [0.4, 0.5) is 0 Å². The van der Waals surface area contributed by atoms with Crippen LogP contribution in [0.15, 0.2) is 82.8 Å². The number of hydrazone groups is 1. The first-order chi connectivity index (χ1) is 21.9. The standard InChI is InChI=1S/C18H24N3O5P3S2.C7H7NO.H4N3P3/c1-19-27(30)25-17-9-5-15(6-10-17)13-20-21(2)28(31)26-18-11-7-16(8-12-18)14-29(22,23-3)24-4;8-5-6-1-3-7(9)4-2-6;1-2-3-6(4)5/h5-13H,14H2,1-4H3,(H,19,30);1-5,8-9H;4-5H2/q+2;;/b20-13+;;. The van der Waals surface area contributed by atoms with E-state index in [1.807, 2.05) is 24.3 Å². The van der Waals surface area contributed by atoms with E-state index in [-0.39, 0.29) is 11.9 Å². The van der Waals surface area contributed by atoms with Gasteiger partial charge in [-0.05, 0) is 82.9 Å². The monoisotopic (exact) mass is 779 g/mol. The van der Waals surface area contributed by atoms with E-state index in [2.05, 4.69) is 37.8 Å². The van der Waals surface area contributed by atoms with E-state index in [1.165, 1.54) is 20.4 Å². The van der Waals surface area contributed by atoms with Crippen LogP contribution >= 0.6 is 47.1 Å². The summed E-state index contributed by atoms with van der Waals surface area (Å²) < 4.78 is 35.1. The number of phenols is 1. The van der Waals surface area contributed by atoms with Crippen LogP contribution in [0.3, 0.4) is 0 Å². The van der Waals surface area contributed by atoms with Gasteiger partial charge < -0.3 is 19.6 Å². The average molecular weight is 780 g/mol. The van der Waals surface area contributed by atoms with E-state index in [1.54, 1.807) is 73.6 Å². The lowest BCUT2D eigenvalue weighted by Crippen LogP contribution is -2.03. The lowest BCUT2D eigenvalue weighted by molar-refractivity contribution is 0.275. The van der Waals surface area contributed by atoms with Gasteiger partial charge in [-0.3, -0.25) is 13.6 Å². The molecule has 0 saturated heterocycles. The molecular weight excluding hydrogens is 744 g/mol. The maximum atomic E-state index is 12.2. The summed E-state index contributed by atoms with van der Waals surface area (Å²) in [5.74, 6) is 1.54. The molecule has 0 fully saturated rings. The summed E-state index contributed by atoms with van der Waals surface area (Å²) in [4.78, 5) is 5.84. The Balaban J connectivity index is 0.000000575. The molecule has 46 heavy (non-hydrogen) atoms. The van der Waals surface area contributed by atoms with Gasteiger partial charge in [0.05, 0.1) is 19.4 Å². The molecule has 0 aromatic heterocycles. The number of phenolic OH excluding ortho intramolecular Hbond substituents is 1. The van der Waals surface area contributed by atoms with Crippen LogP contribution in [0.25, 0.3) is 10.4 Å². The summed E-state index contributed by atoms with van der Waals surface area (Å²) in [7, 11) is 4.86. The molecular formula is C25H35N7O6P6S2+2. The third kappa shape index (κ3) is 17.8. The number of nitrogens with zero attached hydrogens (tertiary/aromatic N) is 5. The summed E-state index contributed by atoms with van der Waals surface area (Å²) in [5.41, 5.74) is 10.2. The zero-order valence-corrected chi connectivity index (χ0v) is 32.8. The molecule has 3 aromatic carbocycles. The van der Waals surface area contributed by atoms with E-state index in [9.17, 15) is 4.57 Å². The molecule has 0 saturated carbocycles. The number of benzene rings is 3. The molecule has 3 N–H and O–H groups in total. The molecule has 0 aliphatic rings. The summed E-state index contributed by atoms with van der Waals surface area (Å²) in [6, 6.07) is 21.0. The van der Waals surface area contributed by atoms with E-state index >= 15 is 0 Å². The second-order valence-electron chi connectivity index (χ2n) is 8.28. The van der Waals surface area contributed by atoms with Crippen LogP contribution in [-0.4, -0.2) is 50.6 Å². The van der Waals surface area contributed by atoms with Gasteiger partial charge in [-0.2, -0.15) is 0 Å². The second kappa shape index (κ2) is 23.3. The first-order valence-electron chi connectivity index (χ1n) is 12.7. The van der Waals surface area contributed by atoms with Gasteiger partial charge in [0, 0.05) is 39.8 Å². The molecule has 0 spiro atoms. The van der Waals surface area contributed by atoms with Crippen molar-refractivity contribution in [1.29, 1.82) is 5.41 Å². The van der Waals surface area contributed by atoms with Gasteiger partial charge in [0.1, 0.15) is 5.75 Å². The molecule has 0 bridgehead atoms. The van der Waals surface area contributed by atoms with Crippen molar-refractivity contribution < 1.29 is 27.8 Å². The number of nitrogens with one attached hydrogen (secondary N) is 2. The Labute approximate surface area is 286 Å². The fourth-order valence-corrected chi connectivity index (χ4v) is 5.84. The van der Waals surface area contributed by atoms with Crippen LogP contribution in [-0.2, 0) is 43.4 Å². The molecule has 3 aromatic rings. The van der Waals surface area contributed by atoms with Gasteiger partial charge in [-0.1, -0.05) is 21.8 Å². The second-order valence-corrected chi connectivity index (χ2v) is 20.8. The normalized spacial score (nSPS) is 11.2. The zero-order valence-electron chi connectivity index (χ0n) is 25.3. The largest absolute Gasteiger partial charge is 0.540 e. The first kappa shape index (κ1) is 42.0. The topological polar surface area (TPSA) is 174 Å². The maximum Gasteiger partial charge on any atom is 0.540 e. The predicted octanol–water partition coefficient (Wildman–Crippen LogP) is 8.83. The smallest absolute Gasteiger partial charge is 0.508 e. The Morgan fingerprint density at radius 3 is 2.00 bits per heavy atom. The van der Waals surface area contributed by atoms with E-state index < -0.39 is 29.2 Å². The lowest BCUT2D eigenvalue weighted by Gasteiger charge is -2.13. The molecule has 0 heterocycles. The fraction of sp³-hybridized carbons (Fsp3) is 0.200. The molecule has 21 heteroatoms. The predicted molar refractivity (Wildman–Crippen MR) is 204 cm³/mol. The SMILES string of the molecule is CN[P+](=S)Oc1ccc(/C=N/N(C)[P+](=S)Oc2ccc(CP(=O)(OC)OC)cc2)cc1.N=Cc1ccc(O)cc1.[N-]=[N+]=NP(P)P. The van der Waals surface area contributed by atoms with E-state index in [0.29, 0.717) is 11.5 Å². The third-order valence-electron chi connectivity index (χ3n) is 5.10. The van der Waals surface area contributed by atoms with Crippen molar-refractivity contribution in [2.24, 2.45) is 9.99 Å². The first-order valence-corrected chi connectivity index (χ1v) is 23.4. The number of azide groups is 1. The van der Waals surface area contributed by atoms with Crippen LogP contribution in [0.1, 0.15) is 16.7 Å². The molecule has 0 aliphatic carbocycles. The highest BCUT2D eigenvalue weighted by Crippen LogP contribution is 2.54. The number of aromatic hydroxyl groups is 1. The van der Waals surface area contributed by atoms with Crippen molar-refractivity contribution in [2.45, 2.75) is 6.16 Å². The Morgan fingerprint density at radius 1 is 1.02 bits per heavy atom. The molecule has 0 aliphatic heterocycles. The van der Waals surface area contributed by atoms with Gasteiger partial charge in [0.2, 0.25) is 23.6 Å². The van der Waals surface area contributed by atoms with Gasteiger partial charge >= 0.3 is 21.7 Å². The molecule has 13 nitrogen and oxygen atoms in total. The van der Waals surface area contributed by atoms with Crippen LogP contribution in [0.5, 0.6) is 17.2 Å². The van der Waals surface area contributed by atoms with Crippen LogP contribution in [0, 0.1) is 5.41 Å². The highest BCUT2D eigenvalue weighted by Gasteiger charge is 2.23. The van der Waals surface area contributed by atoms with Crippen LogP contribution < -0.4 is 14.1 Å². The Hall–Kier alpha value is -2.05. The van der Waals surface area contributed by atoms with Gasteiger partial charge in [-0.25, -0.2) is 0 Å². The van der Waals surface area contributed by atoms with Crippen molar-refractivity contribution in [3.05, 3.63) is 99.9 Å². The molecule has 4 unspecified atom stereocenters.